The number of aromatic amines is 1. The number of likely N-dealkylation sites (N-methyl/N-ethyl adjacent to an activating group) is 1. The molecule has 1 aliphatic carbocycles. The van der Waals surface area contributed by atoms with Gasteiger partial charge in [0, 0.05) is 42.6 Å². The van der Waals surface area contributed by atoms with Crippen LogP contribution in [0.5, 0.6) is 5.75 Å². The first-order valence-electron chi connectivity index (χ1n) is 11.1. The molecule has 1 N–H and O–H groups in total. The number of aromatic nitrogens is 3. The number of aryl methyl sites for hydroxylation is 2. The molecular weight excluding hydrogens is 396 g/mol. The lowest BCUT2D eigenvalue weighted by atomic mass is 10.0. The van der Waals surface area contributed by atoms with E-state index in [2.05, 4.69) is 70.6 Å². The molecule has 1 aliphatic rings. The molecule has 2 aromatic carbocycles. The second-order valence-electron chi connectivity index (χ2n) is 8.38. The summed E-state index contributed by atoms with van der Waals surface area (Å²) in [7, 11) is 3.76. The molecule has 5 heteroatoms. The second kappa shape index (κ2) is 8.87. The van der Waals surface area contributed by atoms with E-state index in [-0.39, 0.29) is 0 Å². The number of rotatable bonds is 8. The Balaban J connectivity index is 1.22. The fourth-order valence-electron chi connectivity index (χ4n) is 4.31. The number of H-pyrrole nitrogens is 1. The molecule has 2 heterocycles. The van der Waals surface area contributed by atoms with Crippen molar-refractivity contribution in [3.8, 4) is 5.75 Å². The molecule has 0 amide bonds. The van der Waals surface area contributed by atoms with Gasteiger partial charge in [0.1, 0.15) is 5.75 Å². The van der Waals surface area contributed by atoms with Crippen molar-refractivity contribution in [1.29, 1.82) is 0 Å². The number of hydrogen-bond acceptors (Lipinski definition) is 4. The first-order chi connectivity index (χ1) is 15.7. The van der Waals surface area contributed by atoms with Crippen LogP contribution in [-0.4, -0.2) is 35.7 Å². The molecule has 0 radical (unpaired) electrons. The highest BCUT2D eigenvalue weighted by molar-refractivity contribution is 5.84. The first-order valence-corrected chi connectivity index (χ1v) is 11.1. The molecule has 0 bridgehead atoms. The zero-order valence-corrected chi connectivity index (χ0v) is 18.6. The Morgan fingerprint density at radius 3 is 2.91 bits per heavy atom. The minimum atomic E-state index is 0.775. The number of fused-ring (bicyclic) bond motifs is 2. The highest BCUT2D eigenvalue weighted by atomic mass is 16.5. The number of anilines is 1. The summed E-state index contributed by atoms with van der Waals surface area (Å²) in [6.45, 7) is 0.838. The van der Waals surface area contributed by atoms with E-state index in [4.69, 9.17) is 9.72 Å². The topological polar surface area (TPSA) is 54.0 Å². The van der Waals surface area contributed by atoms with Crippen LogP contribution in [0.25, 0.3) is 17.0 Å². The van der Waals surface area contributed by atoms with Crippen LogP contribution in [0.4, 0.5) is 5.95 Å². The molecule has 0 fully saturated rings. The molecule has 2 aromatic heterocycles. The van der Waals surface area contributed by atoms with Gasteiger partial charge in [-0.2, -0.15) is 0 Å². The van der Waals surface area contributed by atoms with Crippen molar-refractivity contribution in [1.82, 2.24) is 15.0 Å². The van der Waals surface area contributed by atoms with Gasteiger partial charge in [-0.3, -0.25) is 0 Å². The molecule has 162 valence electrons. The zero-order chi connectivity index (χ0) is 21.9. The van der Waals surface area contributed by atoms with Crippen molar-refractivity contribution in [2.75, 3.05) is 25.6 Å². The van der Waals surface area contributed by atoms with Gasteiger partial charge in [0.15, 0.2) is 0 Å². The van der Waals surface area contributed by atoms with Gasteiger partial charge >= 0.3 is 0 Å². The number of nitrogens with zero attached hydrogens (tertiary/aromatic N) is 3. The maximum atomic E-state index is 5.38. The third kappa shape index (κ3) is 4.24. The largest absolute Gasteiger partial charge is 0.497 e. The monoisotopic (exact) mass is 424 g/mol. The SMILES string of the molecule is COc1ccc2[nH]cc(CCN(C)c3nccc(CCc4ccc5c(c4)C=CC5)n3)c2c1. The lowest BCUT2D eigenvalue weighted by Gasteiger charge is -2.17. The molecule has 4 aromatic rings. The Morgan fingerprint density at radius 1 is 1.06 bits per heavy atom. The molecule has 0 aliphatic heterocycles. The molecule has 0 saturated carbocycles. The fourth-order valence-corrected chi connectivity index (χ4v) is 4.31. The summed E-state index contributed by atoms with van der Waals surface area (Å²) < 4.78 is 5.38. The van der Waals surface area contributed by atoms with E-state index in [0.29, 0.717) is 0 Å². The summed E-state index contributed by atoms with van der Waals surface area (Å²) in [5, 5.41) is 1.21. The molecule has 0 unspecified atom stereocenters. The van der Waals surface area contributed by atoms with E-state index in [0.717, 1.165) is 55.1 Å². The van der Waals surface area contributed by atoms with Gasteiger partial charge in [-0.1, -0.05) is 30.4 Å². The van der Waals surface area contributed by atoms with Crippen LogP contribution in [0.1, 0.15) is 27.9 Å². The number of ether oxygens (including phenoxy) is 1. The van der Waals surface area contributed by atoms with Crippen LogP contribution in [-0.2, 0) is 25.7 Å². The quantitative estimate of drug-likeness (QED) is 0.432. The summed E-state index contributed by atoms with van der Waals surface area (Å²) in [5.41, 5.74) is 7.62. The summed E-state index contributed by atoms with van der Waals surface area (Å²) in [4.78, 5) is 14.8. The van der Waals surface area contributed by atoms with Crippen molar-refractivity contribution in [2.45, 2.75) is 25.7 Å². The zero-order valence-electron chi connectivity index (χ0n) is 18.6. The smallest absolute Gasteiger partial charge is 0.225 e. The Morgan fingerprint density at radius 2 is 2.00 bits per heavy atom. The normalized spacial score (nSPS) is 12.3. The average molecular weight is 425 g/mol. The maximum Gasteiger partial charge on any atom is 0.225 e. The van der Waals surface area contributed by atoms with Gasteiger partial charge in [0.2, 0.25) is 5.95 Å². The lowest BCUT2D eigenvalue weighted by Crippen LogP contribution is -2.23. The predicted molar refractivity (Wildman–Crippen MR) is 130 cm³/mol. The Hall–Kier alpha value is -3.60. The minimum Gasteiger partial charge on any atom is -0.497 e. The van der Waals surface area contributed by atoms with Crippen molar-refractivity contribution >= 4 is 22.9 Å². The first kappa shape index (κ1) is 20.3. The van der Waals surface area contributed by atoms with E-state index >= 15 is 0 Å². The number of hydrogen-bond donors (Lipinski definition) is 1. The Kier molecular flexibility index (Phi) is 5.63. The van der Waals surface area contributed by atoms with Gasteiger partial charge < -0.3 is 14.6 Å². The van der Waals surface area contributed by atoms with Gasteiger partial charge in [0.25, 0.3) is 0 Å². The molecule has 0 atom stereocenters. The molecule has 32 heavy (non-hydrogen) atoms. The van der Waals surface area contributed by atoms with Crippen LogP contribution < -0.4 is 9.64 Å². The van der Waals surface area contributed by atoms with Gasteiger partial charge in [-0.25, -0.2) is 9.97 Å². The van der Waals surface area contributed by atoms with Crippen LogP contribution in [0, 0.1) is 0 Å². The van der Waals surface area contributed by atoms with Gasteiger partial charge in [0.05, 0.1) is 7.11 Å². The summed E-state index contributed by atoms with van der Waals surface area (Å²) >= 11 is 0. The van der Waals surface area contributed by atoms with Gasteiger partial charge in [-0.15, -0.1) is 0 Å². The fraction of sp³-hybridized carbons (Fsp3) is 0.259. The van der Waals surface area contributed by atoms with Crippen LogP contribution in [0.3, 0.4) is 0 Å². The molecule has 5 nitrogen and oxygen atoms in total. The second-order valence-corrected chi connectivity index (χ2v) is 8.38. The van der Waals surface area contributed by atoms with E-state index in [1.54, 1.807) is 7.11 Å². The lowest BCUT2D eigenvalue weighted by molar-refractivity contribution is 0.415. The highest BCUT2D eigenvalue weighted by Gasteiger charge is 2.10. The number of nitrogens with one attached hydrogen (secondary N) is 1. The Labute approximate surface area is 188 Å². The molecule has 0 saturated heterocycles. The van der Waals surface area contributed by atoms with Gasteiger partial charge in [-0.05, 0) is 72.2 Å². The summed E-state index contributed by atoms with van der Waals surface area (Å²) in [5.74, 6) is 1.65. The van der Waals surface area contributed by atoms with Crippen molar-refractivity contribution in [3.05, 3.63) is 88.9 Å². The highest BCUT2D eigenvalue weighted by Crippen LogP contribution is 2.24. The third-order valence-electron chi connectivity index (χ3n) is 6.25. The summed E-state index contributed by atoms with van der Waals surface area (Å²) in [6, 6.07) is 15.0. The van der Waals surface area contributed by atoms with Crippen LogP contribution in [0.2, 0.25) is 0 Å². The molecule has 5 rings (SSSR count). The third-order valence-corrected chi connectivity index (χ3v) is 6.25. The standard InChI is InChI=1S/C27H28N4O/c1-31(15-13-22-18-29-26-11-10-24(32-2)17-25(22)26)27-28-14-12-23(30-27)9-7-19-6-8-20-4-3-5-21(20)16-19/h3,5-6,8,10-12,14,16-18,29H,4,7,9,13,15H2,1-2H3. The van der Waals surface area contributed by atoms with Crippen molar-refractivity contribution in [3.63, 3.8) is 0 Å². The van der Waals surface area contributed by atoms with Crippen molar-refractivity contribution < 1.29 is 4.74 Å². The van der Waals surface area contributed by atoms with E-state index in [1.807, 2.05) is 18.3 Å². The number of benzene rings is 2. The number of allylic oxidation sites excluding steroid dienone is 1. The van der Waals surface area contributed by atoms with Crippen LogP contribution in [0.15, 0.2) is 60.9 Å². The maximum absolute atomic E-state index is 5.38. The summed E-state index contributed by atoms with van der Waals surface area (Å²) in [6.07, 6.45) is 12.3. The predicted octanol–water partition coefficient (Wildman–Crippen LogP) is 5.00. The Bertz CT molecular complexity index is 1270. The van der Waals surface area contributed by atoms with E-state index in [1.165, 1.54) is 27.6 Å². The number of methoxy groups -OCH3 is 1. The van der Waals surface area contributed by atoms with E-state index < -0.39 is 0 Å². The molecule has 0 spiro atoms. The van der Waals surface area contributed by atoms with E-state index in [9.17, 15) is 0 Å². The molecular formula is C27H28N4O. The average Bonchev–Trinajstić information content (AvgIpc) is 3.47. The van der Waals surface area contributed by atoms with Crippen molar-refractivity contribution in [2.24, 2.45) is 0 Å². The van der Waals surface area contributed by atoms with Crippen LogP contribution >= 0.6 is 0 Å². The minimum absolute atomic E-state index is 0.775.